The van der Waals surface area contributed by atoms with Crippen LogP contribution in [0.5, 0.6) is 0 Å². The molecule has 1 aromatic rings. The van der Waals surface area contributed by atoms with E-state index < -0.39 is 0 Å². The predicted molar refractivity (Wildman–Crippen MR) is 75.2 cm³/mol. The van der Waals surface area contributed by atoms with Gasteiger partial charge in [-0.3, -0.25) is 4.79 Å². The predicted octanol–water partition coefficient (Wildman–Crippen LogP) is 2.12. The van der Waals surface area contributed by atoms with E-state index in [1.807, 2.05) is 6.92 Å². The first kappa shape index (κ1) is 14.9. The number of hydrogen-bond donors (Lipinski definition) is 2. The fourth-order valence-electron chi connectivity index (χ4n) is 1.79. The molecule has 0 aliphatic carbocycles. The van der Waals surface area contributed by atoms with E-state index in [1.165, 1.54) is 11.3 Å². The minimum atomic E-state index is 0. The lowest BCUT2D eigenvalue weighted by molar-refractivity contribution is 0.0933. The second-order valence-electron chi connectivity index (χ2n) is 3.88. The molecule has 0 saturated carbocycles. The van der Waals surface area contributed by atoms with Gasteiger partial charge in [0.05, 0.1) is 5.69 Å². The number of aryl methyl sites for hydroxylation is 1. The molecule has 1 amide bonds. The van der Waals surface area contributed by atoms with E-state index in [9.17, 15) is 4.79 Å². The summed E-state index contributed by atoms with van der Waals surface area (Å²) in [6.45, 7) is 3.82. The average molecular weight is 341 g/mol. The molecule has 1 aromatic heterocycles. The van der Waals surface area contributed by atoms with Crippen LogP contribution in [0.1, 0.15) is 28.2 Å². The monoisotopic (exact) mass is 339 g/mol. The lowest BCUT2D eigenvalue weighted by Gasteiger charge is -2.23. The number of hydrogen-bond acceptors (Lipinski definition) is 4. The summed E-state index contributed by atoms with van der Waals surface area (Å²) in [5.41, 5.74) is 0.795. The summed E-state index contributed by atoms with van der Waals surface area (Å²) < 4.78 is 0.764. The van der Waals surface area contributed by atoms with Crippen LogP contribution < -0.4 is 10.6 Å². The normalized spacial score (nSPS) is 16.4. The van der Waals surface area contributed by atoms with Crippen LogP contribution in [0, 0.1) is 6.92 Å². The van der Waals surface area contributed by atoms with Gasteiger partial charge in [0.15, 0.2) is 3.92 Å². The number of halogens is 2. The van der Waals surface area contributed by atoms with Crippen molar-refractivity contribution in [3.05, 3.63) is 14.5 Å². The Labute approximate surface area is 119 Å². The minimum Gasteiger partial charge on any atom is -0.348 e. The molecule has 1 aliphatic rings. The van der Waals surface area contributed by atoms with E-state index in [-0.39, 0.29) is 18.3 Å². The summed E-state index contributed by atoms with van der Waals surface area (Å²) in [4.78, 5) is 16.9. The second-order valence-corrected chi connectivity index (χ2v) is 6.15. The second kappa shape index (κ2) is 6.68. The number of thiazole rings is 1. The highest BCUT2D eigenvalue weighted by Crippen LogP contribution is 2.22. The molecule has 2 rings (SSSR count). The molecule has 0 atom stereocenters. The zero-order valence-electron chi connectivity index (χ0n) is 9.46. The van der Waals surface area contributed by atoms with Gasteiger partial charge in [-0.1, -0.05) is 0 Å². The minimum absolute atomic E-state index is 0. The van der Waals surface area contributed by atoms with Gasteiger partial charge in [0.2, 0.25) is 0 Å². The van der Waals surface area contributed by atoms with Gasteiger partial charge in [-0.05, 0) is 48.8 Å². The fraction of sp³-hybridized carbons (Fsp3) is 0.600. The number of amides is 1. The quantitative estimate of drug-likeness (QED) is 0.867. The summed E-state index contributed by atoms with van der Waals surface area (Å²) in [5.74, 6) is 0.00704. The Morgan fingerprint density at radius 3 is 2.71 bits per heavy atom. The highest BCUT2D eigenvalue weighted by Gasteiger charge is 2.19. The van der Waals surface area contributed by atoms with Crippen molar-refractivity contribution < 1.29 is 4.79 Å². The first-order valence-corrected chi connectivity index (χ1v) is 6.92. The number of rotatable bonds is 2. The Bertz CT molecular complexity index is 393. The zero-order chi connectivity index (χ0) is 11.5. The van der Waals surface area contributed by atoms with Gasteiger partial charge in [-0.25, -0.2) is 4.98 Å². The van der Waals surface area contributed by atoms with Crippen LogP contribution in [0.4, 0.5) is 0 Å². The molecule has 0 radical (unpaired) electrons. The van der Waals surface area contributed by atoms with Crippen molar-refractivity contribution in [3.63, 3.8) is 0 Å². The van der Waals surface area contributed by atoms with Crippen molar-refractivity contribution in [2.45, 2.75) is 25.8 Å². The van der Waals surface area contributed by atoms with Crippen LogP contribution in [0.2, 0.25) is 0 Å². The van der Waals surface area contributed by atoms with Crippen LogP contribution >= 0.6 is 39.7 Å². The lowest BCUT2D eigenvalue weighted by Crippen LogP contribution is -2.42. The summed E-state index contributed by atoms with van der Waals surface area (Å²) >= 11 is 4.68. The third-order valence-electron chi connectivity index (χ3n) is 2.65. The van der Waals surface area contributed by atoms with Crippen molar-refractivity contribution in [2.24, 2.45) is 0 Å². The maximum atomic E-state index is 12.0. The molecule has 0 unspecified atom stereocenters. The molecular formula is C10H15BrClN3OS. The van der Waals surface area contributed by atoms with Crippen molar-refractivity contribution in [3.8, 4) is 0 Å². The topological polar surface area (TPSA) is 54.0 Å². The summed E-state index contributed by atoms with van der Waals surface area (Å²) in [5, 5.41) is 6.33. The number of carbonyl (C=O) groups excluding carboxylic acids is 1. The average Bonchev–Trinajstić information content (AvgIpc) is 2.59. The molecule has 1 saturated heterocycles. The third kappa shape index (κ3) is 3.91. The number of nitrogens with one attached hydrogen (secondary N) is 2. The lowest BCUT2D eigenvalue weighted by atomic mass is 10.1. The standard InChI is InChI=1S/C10H14BrN3OS.ClH/c1-6-8(16-10(11)13-6)9(15)14-7-2-4-12-5-3-7;/h7,12H,2-5H2,1H3,(H,14,15);1H. The van der Waals surface area contributed by atoms with Gasteiger partial charge in [-0.15, -0.1) is 23.7 Å². The van der Waals surface area contributed by atoms with Gasteiger partial charge >= 0.3 is 0 Å². The Morgan fingerprint density at radius 2 is 2.18 bits per heavy atom. The van der Waals surface area contributed by atoms with Gasteiger partial charge in [-0.2, -0.15) is 0 Å². The number of aromatic nitrogens is 1. The Morgan fingerprint density at radius 1 is 1.53 bits per heavy atom. The zero-order valence-corrected chi connectivity index (χ0v) is 12.7. The molecule has 1 fully saturated rings. The first-order valence-electron chi connectivity index (χ1n) is 5.31. The smallest absolute Gasteiger partial charge is 0.263 e. The highest BCUT2D eigenvalue weighted by atomic mass is 79.9. The molecule has 96 valence electrons. The maximum Gasteiger partial charge on any atom is 0.263 e. The molecule has 4 nitrogen and oxygen atoms in total. The van der Waals surface area contributed by atoms with Gasteiger partial charge in [0.25, 0.3) is 5.91 Å². The van der Waals surface area contributed by atoms with Crippen LogP contribution in [0.15, 0.2) is 3.92 Å². The third-order valence-corrected chi connectivity index (χ3v) is 4.26. The number of carbonyl (C=O) groups is 1. The number of piperidine rings is 1. The Balaban J connectivity index is 0.00000144. The van der Waals surface area contributed by atoms with E-state index in [2.05, 4.69) is 31.5 Å². The molecule has 2 N–H and O–H groups in total. The van der Waals surface area contributed by atoms with Crippen LogP contribution in [0.25, 0.3) is 0 Å². The molecule has 7 heteroatoms. The highest BCUT2D eigenvalue weighted by molar-refractivity contribution is 9.11. The fourth-order valence-corrected chi connectivity index (χ4v) is 3.24. The summed E-state index contributed by atoms with van der Waals surface area (Å²) in [6.07, 6.45) is 2.01. The van der Waals surface area contributed by atoms with Gasteiger partial charge in [0.1, 0.15) is 4.88 Å². The van der Waals surface area contributed by atoms with Crippen LogP contribution in [0.3, 0.4) is 0 Å². The van der Waals surface area contributed by atoms with Crippen LogP contribution in [-0.4, -0.2) is 30.0 Å². The van der Waals surface area contributed by atoms with E-state index in [0.717, 1.165) is 35.5 Å². The molecule has 0 aromatic carbocycles. The Hall–Kier alpha value is -0.170. The van der Waals surface area contributed by atoms with E-state index in [1.54, 1.807) is 0 Å². The summed E-state index contributed by atoms with van der Waals surface area (Å²) in [7, 11) is 0. The molecule has 17 heavy (non-hydrogen) atoms. The number of nitrogens with zero attached hydrogens (tertiary/aromatic N) is 1. The molecule has 0 bridgehead atoms. The van der Waals surface area contributed by atoms with Crippen molar-refractivity contribution in [1.82, 2.24) is 15.6 Å². The van der Waals surface area contributed by atoms with E-state index in [0.29, 0.717) is 10.9 Å². The molecule has 1 aliphatic heterocycles. The van der Waals surface area contributed by atoms with Crippen LogP contribution in [-0.2, 0) is 0 Å². The largest absolute Gasteiger partial charge is 0.348 e. The van der Waals surface area contributed by atoms with E-state index >= 15 is 0 Å². The molecule has 0 spiro atoms. The summed E-state index contributed by atoms with van der Waals surface area (Å²) in [6, 6.07) is 0.300. The van der Waals surface area contributed by atoms with Crippen molar-refractivity contribution in [1.29, 1.82) is 0 Å². The van der Waals surface area contributed by atoms with Crippen molar-refractivity contribution >= 4 is 45.6 Å². The molecule has 2 heterocycles. The first-order chi connectivity index (χ1) is 7.66. The maximum absolute atomic E-state index is 12.0. The molecular weight excluding hydrogens is 326 g/mol. The Kier molecular flexibility index (Phi) is 5.85. The van der Waals surface area contributed by atoms with Crippen molar-refractivity contribution in [2.75, 3.05) is 13.1 Å². The van der Waals surface area contributed by atoms with Gasteiger partial charge in [0, 0.05) is 6.04 Å². The SMILES string of the molecule is Cc1nc(Br)sc1C(=O)NC1CCNCC1.Cl. The van der Waals surface area contributed by atoms with E-state index in [4.69, 9.17) is 0 Å². The van der Waals surface area contributed by atoms with Gasteiger partial charge < -0.3 is 10.6 Å².